The van der Waals surface area contributed by atoms with Crippen molar-refractivity contribution in [2.24, 2.45) is 5.73 Å². The van der Waals surface area contributed by atoms with Gasteiger partial charge in [0.2, 0.25) is 0 Å². The lowest BCUT2D eigenvalue weighted by atomic mass is 10.2. The summed E-state index contributed by atoms with van der Waals surface area (Å²) in [4.78, 5) is 0.889. The lowest BCUT2D eigenvalue weighted by molar-refractivity contribution is -0.137. The Bertz CT molecular complexity index is 395. The van der Waals surface area contributed by atoms with Crippen LogP contribution in [0.25, 0.3) is 0 Å². The number of nitrogens with two attached hydrogens (primary N) is 1. The maximum Gasteiger partial charge on any atom is 0.416 e. The quantitative estimate of drug-likeness (QED) is 0.862. The third-order valence-electron chi connectivity index (χ3n) is 2.33. The summed E-state index contributed by atoms with van der Waals surface area (Å²) in [5, 5.41) is 0. The van der Waals surface area contributed by atoms with Gasteiger partial charge < -0.3 is 10.6 Å². The molecule has 0 atom stereocenters. The third kappa shape index (κ3) is 4.98. The SMILES string of the molecule is NCCN(CC(F)(F)F)c1ccc(C(F)(F)F)cc1. The van der Waals surface area contributed by atoms with Crippen LogP contribution in [0.3, 0.4) is 0 Å². The van der Waals surface area contributed by atoms with Gasteiger partial charge in [-0.05, 0) is 24.3 Å². The number of nitrogens with zero attached hydrogens (tertiary/aromatic N) is 1. The van der Waals surface area contributed by atoms with E-state index in [1.165, 1.54) is 0 Å². The highest BCUT2D eigenvalue weighted by molar-refractivity contribution is 5.48. The summed E-state index contributed by atoms with van der Waals surface area (Å²) >= 11 is 0. The van der Waals surface area contributed by atoms with Crippen molar-refractivity contribution in [1.29, 1.82) is 0 Å². The molecule has 0 aliphatic heterocycles. The summed E-state index contributed by atoms with van der Waals surface area (Å²) in [6, 6.07) is 3.50. The maximum atomic E-state index is 12.3. The molecular formula is C11H12F6N2. The van der Waals surface area contributed by atoms with E-state index in [1.807, 2.05) is 0 Å². The Balaban J connectivity index is 2.91. The van der Waals surface area contributed by atoms with Crippen molar-refractivity contribution in [2.75, 3.05) is 24.5 Å². The lowest BCUT2D eigenvalue weighted by Crippen LogP contribution is -2.37. The molecule has 0 spiro atoms. The van der Waals surface area contributed by atoms with Crippen LogP contribution < -0.4 is 10.6 Å². The molecule has 0 fully saturated rings. The van der Waals surface area contributed by atoms with Crippen LogP contribution in [0, 0.1) is 0 Å². The van der Waals surface area contributed by atoms with E-state index in [9.17, 15) is 26.3 Å². The fraction of sp³-hybridized carbons (Fsp3) is 0.455. The average molecular weight is 286 g/mol. The molecule has 2 N–H and O–H groups in total. The minimum atomic E-state index is -4.51. The monoisotopic (exact) mass is 286 g/mol. The molecule has 108 valence electrons. The van der Waals surface area contributed by atoms with Crippen molar-refractivity contribution in [3.05, 3.63) is 29.8 Å². The van der Waals surface area contributed by atoms with Crippen LogP contribution >= 0.6 is 0 Å². The summed E-state index contributed by atoms with van der Waals surface area (Å²) in [7, 11) is 0. The predicted octanol–water partition coefficient (Wildman–Crippen LogP) is 3.03. The Hall–Kier alpha value is -1.44. The smallest absolute Gasteiger partial charge is 0.361 e. The van der Waals surface area contributed by atoms with E-state index < -0.39 is 24.5 Å². The fourth-order valence-electron chi connectivity index (χ4n) is 1.53. The highest BCUT2D eigenvalue weighted by Crippen LogP contribution is 2.31. The largest absolute Gasteiger partial charge is 0.416 e. The molecule has 0 saturated carbocycles. The van der Waals surface area contributed by atoms with Crippen LogP contribution in [0.1, 0.15) is 5.56 Å². The standard InChI is InChI=1S/C11H12F6N2/c12-10(13,14)7-19(6-5-18)9-3-1-8(2-4-9)11(15,16)17/h1-4H,5-7,18H2. The van der Waals surface area contributed by atoms with E-state index in [0.29, 0.717) is 0 Å². The van der Waals surface area contributed by atoms with E-state index in [-0.39, 0.29) is 18.8 Å². The van der Waals surface area contributed by atoms with Crippen molar-refractivity contribution < 1.29 is 26.3 Å². The molecule has 0 radical (unpaired) electrons. The molecule has 1 aromatic rings. The second-order valence-corrected chi connectivity index (χ2v) is 3.87. The molecule has 0 aliphatic rings. The number of hydrogen-bond donors (Lipinski definition) is 1. The van der Waals surface area contributed by atoms with Crippen molar-refractivity contribution in [3.8, 4) is 0 Å². The summed E-state index contributed by atoms with van der Waals surface area (Å²) in [5.41, 5.74) is 4.34. The van der Waals surface area contributed by atoms with Crippen molar-refractivity contribution >= 4 is 5.69 Å². The molecule has 2 nitrogen and oxygen atoms in total. The van der Waals surface area contributed by atoms with Crippen LogP contribution in [0.5, 0.6) is 0 Å². The zero-order valence-electron chi connectivity index (χ0n) is 9.72. The second kappa shape index (κ2) is 5.68. The third-order valence-corrected chi connectivity index (χ3v) is 2.33. The molecule has 19 heavy (non-hydrogen) atoms. The van der Waals surface area contributed by atoms with Crippen LogP contribution in [-0.2, 0) is 6.18 Å². The lowest BCUT2D eigenvalue weighted by Gasteiger charge is -2.25. The van der Waals surface area contributed by atoms with E-state index >= 15 is 0 Å². The Labute approximate surface area is 105 Å². The van der Waals surface area contributed by atoms with Gasteiger partial charge in [0.25, 0.3) is 0 Å². The van der Waals surface area contributed by atoms with Gasteiger partial charge in [0.15, 0.2) is 0 Å². The van der Waals surface area contributed by atoms with Gasteiger partial charge in [0.1, 0.15) is 6.54 Å². The molecule has 8 heteroatoms. The highest BCUT2D eigenvalue weighted by atomic mass is 19.4. The van der Waals surface area contributed by atoms with Gasteiger partial charge in [-0.25, -0.2) is 0 Å². The minimum absolute atomic E-state index is 0.0307. The molecule has 0 unspecified atom stereocenters. The first-order valence-electron chi connectivity index (χ1n) is 5.32. The van der Waals surface area contributed by atoms with Gasteiger partial charge in [0.05, 0.1) is 5.56 Å². The van der Waals surface area contributed by atoms with Gasteiger partial charge in [0, 0.05) is 18.8 Å². The van der Waals surface area contributed by atoms with Gasteiger partial charge in [-0.15, -0.1) is 0 Å². The summed E-state index contributed by atoms with van der Waals surface area (Å²) in [6.07, 6.45) is -8.96. The summed E-state index contributed by atoms with van der Waals surface area (Å²) < 4.78 is 73.9. The Morgan fingerprint density at radius 2 is 1.47 bits per heavy atom. The topological polar surface area (TPSA) is 29.3 Å². The average Bonchev–Trinajstić information content (AvgIpc) is 2.26. The molecule has 0 bridgehead atoms. The first kappa shape index (κ1) is 15.6. The van der Waals surface area contributed by atoms with Crippen molar-refractivity contribution in [3.63, 3.8) is 0 Å². The van der Waals surface area contributed by atoms with Crippen molar-refractivity contribution in [1.82, 2.24) is 0 Å². The zero-order valence-corrected chi connectivity index (χ0v) is 9.72. The maximum absolute atomic E-state index is 12.3. The Morgan fingerprint density at radius 1 is 0.947 bits per heavy atom. The number of anilines is 1. The van der Waals surface area contributed by atoms with Gasteiger partial charge in [-0.3, -0.25) is 0 Å². The molecular weight excluding hydrogens is 274 g/mol. The van der Waals surface area contributed by atoms with E-state index in [2.05, 4.69) is 0 Å². The number of rotatable bonds is 4. The highest BCUT2D eigenvalue weighted by Gasteiger charge is 2.32. The first-order valence-corrected chi connectivity index (χ1v) is 5.32. The molecule has 0 heterocycles. The molecule has 1 aromatic carbocycles. The predicted molar refractivity (Wildman–Crippen MR) is 58.8 cm³/mol. The van der Waals surface area contributed by atoms with Crippen molar-refractivity contribution in [2.45, 2.75) is 12.4 Å². The molecule has 0 saturated heterocycles. The van der Waals surface area contributed by atoms with Crippen LogP contribution in [0.2, 0.25) is 0 Å². The normalized spacial score (nSPS) is 12.6. The van der Waals surface area contributed by atoms with Gasteiger partial charge >= 0.3 is 12.4 Å². The number of alkyl halides is 6. The second-order valence-electron chi connectivity index (χ2n) is 3.87. The minimum Gasteiger partial charge on any atom is -0.361 e. The summed E-state index contributed by atoms with van der Waals surface area (Å²) in [6.45, 7) is -1.38. The van der Waals surface area contributed by atoms with Crippen LogP contribution in [-0.4, -0.2) is 25.8 Å². The number of hydrogen-bond acceptors (Lipinski definition) is 2. The van der Waals surface area contributed by atoms with Gasteiger partial charge in [-0.1, -0.05) is 0 Å². The molecule has 0 aromatic heterocycles. The Morgan fingerprint density at radius 3 is 1.84 bits per heavy atom. The molecule has 0 amide bonds. The van der Waals surface area contributed by atoms with Crippen LogP contribution in [0.4, 0.5) is 32.0 Å². The van der Waals surface area contributed by atoms with E-state index in [4.69, 9.17) is 5.73 Å². The Kier molecular flexibility index (Phi) is 4.67. The van der Waals surface area contributed by atoms with E-state index in [0.717, 1.165) is 29.2 Å². The summed E-state index contributed by atoms with van der Waals surface area (Å²) in [5.74, 6) is 0. The van der Waals surface area contributed by atoms with E-state index in [1.54, 1.807) is 0 Å². The van der Waals surface area contributed by atoms with Crippen LogP contribution in [0.15, 0.2) is 24.3 Å². The number of benzene rings is 1. The van der Waals surface area contributed by atoms with Gasteiger partial charge in [-0.2, -0.15) is 26.3 Å². The molecule has 0 aliphatic carbocycles. The first-order chi connectivity index (χ1) is 8.63. The fourth-order valence-corrected chi connectivity index (χ4v) is 1.53. The molecule has 1 rings (SSSR count). The zero-order chi connectivity index (χ0) is 14.7. The number of halogens is 6.